The van der Waals surface area contributed by atoms with Crippen molar-refractivity contribution in [3.63, 3.8) is 0 Å². The van der Waals surface area contributed by atoms with Crippen molar-refractivity contribution in [1.29, 1.82) is 0 Å². The van der Waals surface area contributed by atoms with Gasteiger partial charge in [0.2, 0.25) is 0 Å². The first-order valence-electron chi connectivity index (χ1n) is 7.57. The molecule has 23 heavy (non-hydrogen) atoms. The summed E-state index contributed by atoms with van der Waals surface area (Å²) in [4.78, 5) is 24.5. The van der Waals surface area contributed by atoms with Gasteiger partial charge in [-0.3, -0.25) is 13.9 Å². The number of hydrogen-bond acceptors (Lipinski definition) is 2. The summed E-state index contributed by atoms with van der Waals surface area (Å²) in [5.74, 6) is -0.177. The molecule has 3 rings (SSSR count). The summed E-state index contributed by atoms with van der Waals surface area (Å²) >= 11 is 0. The van der Waals surface area contributed by atoms with Crippen molar-refractivity contribution < 1.29 is 4.79 Å². The van der Waals surface area contributed by atoms with Crippen molar-refractivity contribution in [1.82, 2.24) is 9.13 Å². The fraction of sp³-hybridized carbons (Fsp3) is 0.222. The monoisotopic (exact) mass is 309 g/mol. The van der Waals surface area contributed by atoms with Gasteiger partial charge >= 0.3 is 5.69 Å². The van der Waals surface area contributed by atoms with E-state index < -0.39 is 0 Å². The topological polar surface area (TPSA) is 56.0 Å². The van der Waals surface area contributed by atoms with E-state index in [0.29, 0.717) is 5.56 Å². The second-order valence-corrected chi connectivity index (χ2v) is 5.57. The van der Waals surface area contributed by atoms with Gasteiger partial charge in [0.1, 0.15) is 0 Å². The Morgan fingerprint density at radius 1 is 1.04 bits per heavy atom. The van der Waals surface area contributed by atoms with Crippen LogP contribution < -0.4 is 11.0 Å². The normalized spacial score (nSPS) is 10.9. The number of carbonyl (C=O) groups is 1. The zero-order valence-corrected chi connectivity index (χ0v) is 13.5. The number of amides is 1. The zero-order chi connectivity index (χ0) is 16.6. The Labute approximate surface area is 134 Å². The van der Waals surface area contributed by atoms with E-state index in [2.05, 4.69) is 12.2 Å². The summed E-state index contributed by atoms with van der Waals surface area (Å²) in [5.41, 5.74) is 3.89. The van der Waals surface area contributed by atoms with Gasteiger partial charge in [0.15, 0.2) is 0 Å². The molecule has 0 aliphatic rings. The first-order chi connectivity index (χ1) is 11.0. The lowest BCUT2D eigenvalue weighted by atomic mass is 10.1. The number of nitrogens with zero attached hydrogens (tertiary/aromatic N) is 2. The van der Waals surface area contributed by atoms with Crippen LogP contribution in [-0.2, 0) is 20.5 Å². The van der Waals surface area contributed by atoms with Crippen LogP contribution in [0.3, 0.4) is 0 Å². The number of imidazole rings is 1. The molecule has 1 aromatic heterocycles. The maximum absolute atomic E-state index is 12.5. The van der Waals surface area contributed by atoms with E-state index in [-0.39, 0.29) is 11.6 Å². The first kappa shape index (κ1) is 15.1. The van der Waals surface area contributed by atoms with Gasteiger partial charge < -0.3 is 5.32 Å². The van der Waals surface area contributed by atoms with Gasteiger partial charge in [-0.1, -0.05) is 25.1 Å². The van der Waals surface area contributed by atoms with Gasteiger partial charge in [0, 0.05) is 25.3 Å². The van der Waals surface area contributed by atoms with Crippen molar-refractivity contribution in [3.05, 3.63) is 64.1 Å². The van der Waals surface area contributed by atoms with Crippen LogP contribution in [0, 0.1) is 0 Å². The number of aromatic nitrogens is 2. The summed E-state index contributed by atoms with van der Waals surface area (Å²) in [6.45, 7) is 2.05. The maximum Gasteiger partial charge on any atom is 0.328 e. The molecule has 5 nitrogen and oxygen atoms in total. The van der Waals surface area contributed by atoms with Crippen molar-refractivity contribution in [3.8, 4) is 0 Å². The van der Waals surface area contributed by atoms with Gasteiger partial charge in [-0.05, 0) is 36.2 Å². The van der Waals surface area contributed by atoms with E-state index in [4.69, 9.17) is 0 Å². The summed E-state index contributed by atoms with van der Waals surface area (Å²) < 4.78 is 3.12. The molecule has 3 aromatic rings. The second kappa shape index (κ2) is 5.76. The Balaban J connectivity index is 1.98. The van der Waals surface area contributed by atoms with E-state index in [1.165, 1.54) is 0 Å². The lowest BCUT2D eigenvalue weighted by molar-refractivity contribution is 0.102. The van der Waals surface area contributed by atoms with E-state index in [1.807, 2.05) is 24.3 Å². The number of benzene rings is 2. The fourth-order valence-electron chi connectivity index (χ4n) is 2.79. The fourth-order valence-corrected chi connectivity index (χ4v) is 2.79. The largest absolute Gasteiger partial charge is 0.328 e. The molecule has 0 unspecified atom stereocenters. The van der Waals surface area contributed by atoms with Gasteiger partial charge in [0.05, 0.1) is 11.0 Å². The van der Waals surface area contributed by atoms with Crippen LogP contribution in [0.15, 0.2) is 47.3 Å². The van der Waals surface area contributed by atoms with E-state index in [0.717, 1.165) is 28.7 Å². The van der Waals surface area contributed by atoms with Crippen LogP contribution in [0.4, 0.5) is 5.69 Å². The molecule has 0 saturated heterocycles. The molecular formula is C18H19N3O2. The molecule has 1 heterocycles. The Morgan fingerprint density at radius 3 is 2.48 bits per heavy atom. The first-order valence-corrected chi connectivity index (χ1v) is 7.57. The molecule has 0 saturated carbocycles. The number of carbonyl (C=O) groups excluding carboxylic acids is 1. The highest BCUT2D eigenvalue weighted by Crippen LogP contribution is 2.18. The summed E-state index contributed by atoms with van der Waals surface area (Å²) in [5, 5.41) is 2.95. The molecule has 0 atom stereocenters. The smallest absolute Gasteiger partial charge is 0.322 e. The Morgan fingerprint density at radius 2 is 1.74 bits per heavy atom. The number of para-hydroxylation sites is 1. The molecular weight excluding hydrogens is 290 g/mol. The molecule has 0 aliphatic carbocycles. The Kier molecular flexibility index (Phi) is 3.78. The van der Waals surface area contributed by atoms with E-state index in [1.54, 1.807) is 41.4 Å². The van der Waals surface area contributed by atoms with Crippen LogP contribution in [0.5, 0.6) is 0 Å². The van der Waals surface area contributed by atoms with Crippen molar-refractivity contribution >= 4 is 22.6 Å². The van der Waals surface area contributed by atoms with Crippen LogP contribution in [0.25, 0.3) is 11.0 Å². The predicted octanol–water partition coefficient (Wildman–Crippen LogP) is 2.69. The van der Waals surface area contributed by atoms with E-state index in [9.17, 15) is 9.59 Å². The van der Waals surface area contributed by atoms with Gasteiger partial charge in [0.25, 0.3) is 5.91 Å². The zero-order valence-electron chi connectivity index (χ0n) is 13.5. The summed E-state index contributed by atoms with van der Waals surface area (Å²) in [7, 11) is 3.43. The summed E-state index contributed by atoms with van der Waals surface area (Å²) in [6, 6.07) is 13.1. The average molecular weight is 309 g/mol. The number of rotatable bonds is 3. The predicted molar refractivity (Wildman–Crippen MR) is 91.9 cm³/mol. The number of fused-ring (bicyclic) bond motifs is 1. The lowest BCUT2D eigenvalue weighted by Gasteiger charge is -2.10. The minimum Gasteiger partial charge on any atom is -0.322 e. The molecule has 0 spiro atoms. The standard InChI is InChI=1S/C18H19N3O2/c1-4-12-7-5-6-8-14(12)19-17(22)13-9-10-15-16(11-13)21(3)18(23)20(15)2/h5-11H,4H2,1-3H3,(H,19,22). The Hall–Kier alpha value is -2.82. The third-order valence-electron chi connectivity index (χ3n) is 4.18. The Bertz CT molecular complexity index is 951. The van der Waals surface area contributed by atoms with Crippen LogP contribution in [0.2, 0.25) is 0 Å². The van der Waals surface area contributed by atoms with Crippen LogP contribution in [-0.4, -0.2) is 15.0 Å². The molecule has 118 valence electrons. The van der Waals surface area contributed by atoms with Gasteiger partial charge in [-0.2, -0.15) is 0 Å². The lowest BCUT2D eigenvalue weighted by Crippen LogP contribution is -2.19. The molecule has 0 bridgehead atoms. The minimum absolute atomic E-state index is 0.103. The molecule has 0 radical (unpaired) electrons. The van der Waals surface area contributed by atoms with Gasteiger partial charge in [-0.25, -0.2) is 4.79 Å². The molecule has 2 aromatic carbocycles. The van der Waals surface area contributed by atoms with E-state index >= 15 is 0 Å². The molecule has 5 heteroatoms. The van der Waals surface area contributed by atoms with Gasteiger partial charge in [-0.15, -0.1) is 0 Å². The molecule has 1 N–H and O–H groups in total. The SMILES string of the molecule is CCc1ccccc1NC(=O)c1ccc2c(c1)n(C)c(=O)n2C. The minimum atomic E-state index is -0.177. The molecule has 0 aliphatic heterocycles. The second-order valence-electron chi connectivity index (χ2n) is 5.57. The molecule has 0 fully saturated rings. The highest BCUT2D eigenvalue weighted by atomic mass is 16.2. The number of aryl methyl sites for hydroxylation is 3. The third kappa shape index (κ3) is 2.54. The number of nitrogens with one attached hydrogen (secondary N) is 1. The highest BCUT2D eigenvalue weighted by Gasteiger charge is 2.13. The number of anilines is 1. The van der Waals surface area contributed by atoms with Crippen molar-refractivity contribution in [2.75, 3.05) is 5.32 Å². The van der Waals surface area contributed by atoms with Crippen molar-refractivity contribution in [2.24, 2.45) is 14.1 Å². The maximum atomic E-state index is 12.5. The quantitative estimate of drug-likeness (QED) is 0.808. The number of hydrogen-bond donors (Lipinski definition) is 1. The summed E-state index contributed by atoms with van der Waals surface area (Å²) in [6.07, 6.45) is 0.850. The van der Waals surface area contributed by atoms with Crippen molar-refractivity contribution in [2.45, 2.75) is 13.3 Å². The van der Waals surface area contributed by atoms with Crippen LogP contribution >= 0.6 is 0 Å². The third-order valence-corrected chi connectivity index (χ3v) is 4.18. The van der Waals surface area contributed by atoms with Crippen LogP contribution in [0.1, 0.15) is 22.8 Å². The average Bonchev–Trinajstić information content (AvgIpc) is 2.79. The highest BCUT2D eigenvalue weighted by molar-refractivity contribution is 6.06. The molecule has 1 amide bonds.